The fourth-order valence-corrected chi connectivity index (χ4v) is 2.23. The molecule has 1 amide bonds. The molecule has 1 unspecified atom stereocenters. The zero-order chi connectivity index (χ0) is 19.2. The van der Waals surface area contributed by atoms with E-state index in [4.69, 9.17) is 0 Å². The first-order chi connectivity index (χ1) is 12.3. The highest BCUT2D eigenvalue weighted by atomic mass is 19.4. The minimum atomic E-state index is -4.58. The van der Waals surface area contributed by atoms with Gasteiger partial charge in [-0.2, -0.15) is 18.2 Å². The maximum atomic E-state index is 13.1. The number of rotatable bonds is 7. The van der Waals surface area contributed by atoms with Crippen molar-refractivity contribution in [2.75, 3.05) is 23.7 Å². The molecule has 26 heavy (non-hydrogen) atoms. The molecule has 2 rings (SSSR count). The Morgan fingerprint density at radius 3 is 2.50 bits per heavy atom. The molecule has 0 bridgehead atoms. The average molecular weight is 367 g/mol. The second kappa shape index (κ2) is 8.50. The van der Waals surface area contributed by atoms with Crippen LogP contribution in [0.25, 0.3) is 0 Å². The number of amides is 1. The predicted octanol–water partition coefficient (Wildman–Crippen LogP) is 3.22. The summed E-state index contributed by atoms with van der Waals surface area (Å²) in [4.78, 5) is 18.6. The topological polar surface area (TPSA) is 78.9 Å². The lowest BCUT2D eigenvalue weighted by Gasteiger charge is -2.17. The summed E-state index contributed by atoms with van der Waals surface area (Å²) < 4.78 is 39.4. The Hall–Kier alpha value is -2.84. The fraction of sp³-hybridized carbons (Fsp3) is 0.353. The molecule has 2 aromatic rings. The van der Waals surface area contributed by atoms with Crippen LogP contribution in [-0.4, -0.2) is 29.0 Å². The van der Waals surface area contributed by atoms with Gasteiger partial charge in [0.05, 0.1) is 6.04 Å². The Kier molecular flexibility index (Phi) is 6.37. The van der Waals surface area contributed by atoms with Crippen LogP contribution in [0.5, 0.6) is 0 Å². The number of hydrogen-bond acceptors (Lipinski definition) is 5. The molecule has 0 spiro atoms. The van der Waals surface area contributed by atoms with Crippen LogP contribution in [-0.2, 0) is 11.0 Å². The number of alkyl halides is 3. The number of carbonyl (C=O) groups excluding carboxylic acids is 1. The fourth-order valence-electron chi connectivity index (χ4n) is 2.23. The summed E-state index contributed by atoms with van der Waals surface area (Å²) in [6, 6.07) is 9.23. The summed E-state index contributed by atoms with van der Waals surface area (Å²) in [5, 5.41) is 8.09. The Morgan fingerprint density at radius 2 is 1.88 bits per heavy atom. The summed E-state index contributed by atoms with van der Waals surface area (Å²) >= 11 is 0. The molecule has 0 fully saturated rings. The molecule has 0 aliphatic rings. The summed E-state index contributed by atoms with van der Waals surface area (Å²) in [7, 11) is 0. The van der Waals surface area contributed by atoms with E-state index >= 15 is 0 Å². The van der Waals surface area contributed by atoms with Gasteiger partial charge in [-0.25, -0.2) is 4.98 Å². The standard InChI is InChI=1S/C17H20F3N5O/c1-11(13-6-4-3-5-7-13)24-16-23-10-14(17(18,19)20)15(25-16)22-9-8-21-12(2)26/h3-7,10-11H,8-9H2,1-2H3,(H,21,26)(H2,22,23,24,25). The van der Waals surface area contributed by atoms with Crippen LogP contribution in [0, 0.1) is 0 Å². The molecule has 0 aliphatic heterocycles. The van der Waals surface area contributed by atoms with Crippen molar-refractivity contribution in [1.29, 1.82) is 0 Å². The van der Waals surface area contributed by atoms with Gasteiger partial charge < -0.3 is 16.0 Å². The van der Waals surface area contributed by atoms with Crippen molar-refractivity contribution in [2.45, 2.75) is 26.1 Å². The molecule has 0 radical (unpaired) electrons. The third kappa shape index (κ3) is 5.61. The van der Waals surface area contributed by atoms with Crippen molar-refractivity contribution in [2.24, 2.45) is 0 Å². The molecule has 1 atom stereocenters. The lowest BCUT2D eigenvalue weighted by Crippen LogP contribution is -2.27. The highest BCUT2D eigenvalue weighted by Gasteiger charge is 2.35. The quantitative estimate of drug-likeness (QED) is 0.655. The SMILES string of the molecule is CC(=O)NCCNc1nc(NC(C)c2ccccc2)ncc1C(F)(F)F. The third-order valence-electron chi connectivity index (χ3n) is 3.53. The first kappa shape index (κ1) is 19.5. The number of carbonyl (C=O) groups is 1. The van der Waals surface area contributed by atoms with Crippen molar-refractivity contribution < 1.29 is 18.0 Å². The summed E-state index contributed by atoms with van der Waals surface area (Å²) in [5.74, 6) is -0.512. The smallest absolute Gasteiger partial charge is 0.368 e. The molecular weight excluding hydrogens is 347 g/mol. The number of benzene rings is 1. The molecule has 140 valence electrons. The van der Waals surface area contributed by atoms with E-state index in [9.17, 15) is 18.0 Å². The van der Waals surface area contributed by atoms with Gasteiger partial charge >= 0.3 is 6.18 Å². The van der Waals surface area contributed by atoms with E-state index in [2.05, 4.69) is 25.9 Å². The van der Waals surface area contributed by atoms with Gasteiger partial charge in [-0.15, -0.1) is 0 Å². The van der Waals surface area contributed by atoms with Crippen LogP contribution in [0.3, 0.4) is 0 Å². The Morgan fingerprint density at radius 1 is 1.19 bits per heavy atom. The molecule has 0 saturated heterocycles. The second-order valence-corrected chi connectivity index (χ2v) is 5.64. The van der Waals surface area contributed by atoms with Crippen LogP contribution in [0.15, 0.2) is 36.5 Å². The van der Waals surface area contributed by atoms with Crippen LogP contribution in [0.1, 0.15) is 31.0 Å². The van der Waals surface area contributed by atoms with Crippen LogP contribution < -0.4 is 16.0 Å². The van der Waals surface area contributed by atoms with Gasteiger partial charge in [0.2, 0.25) is 11.9 Å². The minimum absolute atomic E-state index is 0.0800. The minimum Gasteiger partial charge on any atom is -0.368 e. The molecular formula is C17H20F3N5O. The van der Waals surface area contributed by atoms with Gasteiger partial charge in [-0.05, 0) is 12.5 Å². The van der Waals surface area contributed by atoms with Gasteiger partial charge in [0.1, 0.15) is 11.4 Å². The first-order valence-electron chi connectivity index (χ1n) is 8.01. The lowest BCUT2D eigenvalue weighted by atomic mass is 10.1. The maximum absolute atomic E-state index is 13.1. The second-order valence-electron chi connectivity index (χ2n) is 5.64. The highest BCUT2D eigenvalue weighted by molar-refractivity contribution is 5.72. The molecule has 1 aromatic heterocycles. The molecule has 0 aliphatic carbocycles. The molecule has 6 nitrogen and oxygen atoms in total. The highest BCUT2D eigenvalue weighted by Crippen LogP contribution is 2.34. The van der Waals surface area contributed by atoms with E-state index in [0.717, 1.165) is 11.8 Å². The van der Waals surface area contributed by atoms with E-state index < -0.39 is 11.7 Å². The zero-order valence-corrected chi connectivity index (χ0v) is 14.4. The zero-order valence-electron chi connectivity index (χ0n) is 14.4. The summed E-state index contributed by atoms with van der Waals surface area (Å²) in [5.41, 5.74) is -0.00518. The Balaban J connectivity index is 2.15. The monoisotopic (exact) mass is 367 g/mol. The molecule has 1 heterocycles. The van der Waals surface area contributed by atoms with E-state index in [-0.39, 0.29) is 36.8 Å². The van der Waals surface area contributed by atoms with E-state index in [0.29, 0.717) is 0 Å². The van der Waals surface area contributed by atoms with Gasteiger partial charge in [0.25, 0.3) is 0 Å². The van der Waals surface area contributed by atoms with Crippen LogP contribution >= 0.6 is 0 Å². The number of halogens is 3. The van der Waals surface area contributed by atoms with Crippen molar-refractivity contribution >= 4 is 17.7 Å². The normalized spacial score (nSPS) is 12.3. The van der Waals surface area contributed by atoms with Gasteiger partial charge in [-0.1, -0.05) is 30.3 Å². The molecule has 3 N–H and O–H groups in total. The van der Waals surface area contributed by atoms with E-state index in [1.165, 1.54) is 6.92 Å². The van der Waals surface area contributed by atoms with Gasteiger partial charge in [0.15, 0.2) is 0 Å². The van der Waals surface area contributed by atoms with Crippen molar-refractivity contribution in [3.63, 3.8) is 0 Å². The average Bonchev–Trinajstić information content (AvgIpc) is 2.58. The van der Waals surface area contributed by atoms with Crippen molar-refractivity contribution in [3.8, 4) is 0 Å². The van der Waals surface area contributed by atoms with Gasteiger partial charge in [0, 0.05) is 26.2 Å². The maximum Gasteiger partial charge on any atom is 0.421 e. The number of nitrogens with one attached hydrogen (secondary N) is 3. The Bertz CT molecular complexity index is 737. The predicted molar refractivity (Wildman–Crippen MR) is 92.7 cm³/mol. The number of anilines is 2. The van der Waals surface area contributed by atoms with E-state index in [1.807, 2.05) is 37.3 Å². The summed E-state index contributed by atoms with van der Waals surface area (Å²) in [6.45, 7) is 3.48. The van der Waals surface area contributed by atoms with Gasteiger partial charge in [-0.3, -0.25) is 4.79 Å². The molecule has 0 saturated carbocycles. The van der Waals surface area contributed by atoms with Crippen LogP contribution in [0.4, 0.5) is 24.9 Å². The number of nitrogens with zero attached hydrogens (tertiary/aromatic N) is 2. The van der Waals surface area contributed by atoms with E-state index in [1.54, 1.807) is 0 Å². The Labute approximate surface area is 149 Å². The van der Waals surface area contributed by atoms with Crippen molar-refractivity contribution in [3.05, 3.63) is 47.7 Å². The first-order valence-corrected chi connectivity index (χ1v) is 8.01. The largest absolute Gasteiger partial charge is 0.421 e. The summed E-state index contributed by atoms with van der Waals surface area (Å²) in [6.07, 6.45) is -3.84. The lowest BCUT2D eigenvalue weighted by molar-refractivity contribution is -0.137. The third-order valence-corrected chi connectivity index (χ3v) is 3.53. The molecule has 9 heteroatoms. The van der Waals surface area contributed by atoms with Crippen molar-refractivity contribution in [1.82, 2.24) is 15.3 Å². The molecule has 1 aromatic carbocycles. The van der Waals surface area contributed by atoms with Crippen LogP contribution in [0.2, 0.25) is 0 Å². The number of hydrogen-bond donors (Lipinski definition) is 3. The number of aromatic nitrogens is 2.